The molecule has 1 aliphatic rings. The van der Waals surface area contributed by atoms with Crippen LogP contribution in [0.4, 0.5) is 5.69 Å². The molecule has 0 fully saturated rings. The van der Waals surface area contributed by atoms with Gasteiger partial charge in [-0.1, -0.05) is 66.9 Å². The summed E-state index contributed by atoms with van der Waals surface area (Å²) in [5.41, 5.74) is 2.62. The van der Waals surface area contributed by atoms with Gasteiger partial charge in [0.1, 0.15) is 16.5 Å². The number of amides is 3. The molecule has 38 heavy (non-hydrogen) atoms. The molecule has 0 aromatic heterocycles. The number of nitrogens with one attached hydrogen (secondary N) is 2. The van der Waals surface area contributed by atoms with Gasteiger partial charge in [0.25, 0.3) is 17.7 Å². The number of ether oxygens (including phenoxy) is 1. The highest BCUT2D eigenvalue weighted by Gasteiger charge is 2.37. The lowest BCUT2D eigenvalue weighted by Crippen LogP contribution is -2.33. The molecule has 3 amide bonds. The van der Waals surface area contributed by atoms with Crippen LogP contribution in [-0.4, -0.2) is 29.2 Å². The van der Waals surface area contributed by atoms with Gasteiger partial charge in [-0.2, -0.15) is 0 Å². The lowest BCUT2D eigenvalue weighted by atomic mass is 10.1. The van der Waals surface area contributed by atoms with Crippen LogP contribution in [0.15, 0.2) is 83.5 Å². The summed E-state index contributed by atoms with van der Waals surface area (Å²) < 4.78 is 5.64. The number of carbonyl (C=O) groups is 3. The third kappa shape index (κ3) is 6.54. The highest BCUT2D eigenvalue weighted by molar-refractivity contribution is 6.47. The molecule has 0 saturated carbocycles. The van der Waals surface area contributed by atoms with Gasteiger partial charge in [0, 0.05) is 22.8 Å². The van der Waals surface area contributed by atoms with E-state index in [1.165, 1.54) is 0 Å². The lowest BCUT2D eigenvalue weighted by Gasteiger charge is -2.16. The molecule has 0 radical (unpaired) electrons. The molecule has 0 bridgehead atoms. The van der Waals surface area contributed by atoms with Crippen molar-refractivity contribution in [2.24, 2.45) is 0 Å². The Bertz CT molecular complexity index is 1350. The van der Waals surface area contributed by atoms with Gasteiger partial charge in [-0.3, -0.25) is 19.3 Å². The Morgan fingerprint density at radius 3 is 2.32 bits per heavy atom. The average Bonchev–Trinajstić information content (AvgIpc) is 3.12. The standard InChI is InChI=1S/C29H27Cl2N3O4/c1-2-3-16-38-23-14-12-22(13-15-23)33-27(35)20-10-8-19(9-11-20)17-32-26-25(31)28(36)34(29(26)37)18-21-6-4-5-7-24(21)30/h4-15,32H,2-3,16-18H2,1H3,(H,33,35). The second-order valence-electron chi connectivity index (χ2n) is 8.71. The zero-order valence-electron chi connectivity index (χ0n) is 20.8. The van der Waals surface area contributed by atoms with Gasteiger partial charge in [0.15, 0.2) is 0 Å². The van der Waals surface area contributed by atoms with Gasteiger partial charge < -0.3 is 15.4 Å². The minimum Gasteiger partial charge on any atom is -0.494 e. The molecule has 3 aromatic rings. The van der Waals surface area contributed by atoms with E-state index < -0.39 is 11.8 Å². The molecule has 0 atom stereocenters. The Balaban J connectivity index is 1.32. The van der Waals surface area contributed by atoms with Gasteiger partial charge >= 0.3 is 0 Å². The predicted molar refractivity (Wildman–Crippen MR) is 148 cm³/mol. The lowest BCUT2D eigenvalue weighted by molar-refractivity contribution is -0.138. The fourth-order valence-electron chi connectivity index (χ4n) is 3.78. The zero-order chi connectivity index (χ0) is 27.1. The summed E-state index contributed by atoms with van der Waals surface area (Å²) in [4.78, 5) is 39.1. The molecule has 0 saturated heterocycles. The van der Waals surface area contributed by atoms with E-state index in [4.69, 9.17) is 27.9 Å². The van der Waals surface area contributed by atoms with Crippen molar-refractivity contribution in [2.75, 3.05) is 11.9 Å². The molecule has 0 spiro atoms. The first-order valence-electron chi connectivity index (χ1n) is 12.2. The van der Waals surface area contributed by atoms with Gasteiger partial charge in [-0.05, 0) is 60.0 Å². The summed E-state index contributed by atoms with van der Waals surface area (Å²) in [5.74, 6) is -0.580. The molecule has 2 N–H and O–H groups in total. The van der Waals surface area contributed by atoms with Crippen LogP contribution in [0.1, 0.15) is 41.3 Å². The summed E-state index contributed by atoms with van der Waals surface area (Å²) in [5, 5.41) is 6.12. The molecule has 4 rings (SSSR count). The topological polar surface area (TPSA) is 87.7 Å². The van der Waals surface area contributed by atoms with Crippen molar-refractivity contribution < 1.29 is 19.1 Å². The van der Waals surface area contributed by atoms with E-state index in [9.17, 15) is 14.4 Å². The number of anilines is 1. The molecule has 0 unspecified atom stereocenters. The summed E-state index contributed by atoms with van der Waals surface area (Å²) >= 11 is 12.4. The van der Waals surface area contributed by atoms with Crippen molar-refractivity contribution in [1.29, 1.82) is 0 Å². The molecule has 0 aliphatic carbocycles. The van der Waals surface area contributed by atoms with Crippen molar-refractivity contribution in [2.45, 2.75) is 32.9 Å². The maximum atomic E-state index is 12.9. The third-order valence-corrected chi connectivity index (χ3v) is 6.68. The number of halogens is 2. The Labute approximate surface area is 231 Å². The van der Waals surface area contributed by atoms with E-state index in [0.717, 1.165) is 29.1 Å². The van der Waals surface area contributed by atoms with E-state index in [2.05, 4.69) is 17.6 Å². The van der Waals surface area contributed by atoms with Gasteiger partial charge in [-0.15, -0.1) is 0 Å². The quantitative estimate of drug-likeness (QED) is 0.229. The molecule has 3 aromatic carbocycles. The minimum absolute atomic E-state index is 0.0250. The fourth-order valence-corrected chi connectivity index (χ4v) is 4.22. The summed E-state index contributed by atoms with van der Waals surface area (Å²) in [6.07, 6.45) is 2.06. The summed E-state index contributed by atoms with van der Waals surface area (Å²) in [6, 6.07) is 21.2. The van der Waals surface area contributed by atoms with Crippen molar-refractivity contribution in [3.63, 3.8) is 0 Å². The molecule has 1 heterocycles. The number of carbonyl (C=O) groups excluding carboxylic acids is 3. The van der Waals surface area contributed by atoms with Crippen LogP contribution in [0.3, 0.4) is 0 Å². The summed E-state index contributed by atoms with van der Waals surface area (Å²) in [6.45, 7) is 3.04. The molecular weight excluding hydrogens is 525 g/mol. The van der Waals surface area contributed by atoms with Crippen LogP contribution in [0.2, 0.25) is 5.02 Å². The maximum absolute atomic E-state index is 12.9. The number of benzene rings is 3. The van der Waals surface area contributed by atoms with Crippen molar-refractivity contribution in [1.82, 2.24) is 10.2 Å². The highest BCUT2D eigenvalue weighted by Crippen LogP contribution is 2.26. The Morgan fingerprint density at radius 1 is 0.921 bits per heavy atom. The zero-order valence-corrected chi connectivity index (χ0v) is 22.3. The smallest absolute Gasteiger partial charge is 0.278 e. The first-order chi connectivity index (χ1) is 18.4. The highest BCUT2D eigenvalue weighted by atomic mass is 35.5. The number of rotatable bonds is 11. The van der Waals surface area contributed by atoms with E-state index in [1.807, 2.05) is 12.1 Å². The molecule has 196 valence electrons. The number of imide groups is 1. The van der Waals surface area contributed by atoms with Gasteiger partial charge in [0.2, 0.25) is 0 Å². The predicted octanol–water partition coefficient (Wildman–Crippen LogP) is 5.88. The van der Waals surface area contributed by atoms with Crippen LogP contribution in [0, 0.1) is 0 Å². The summed E-state index contributed by atoms with van der Waals surface area (Å²) in [7, 11) is 0. The maximum Gasteiger partial charge on any atom is 0.278 e. The number of hydrogen-bond donors (Lipinski definition) is 2. The second-order valence-corrected chi connectivity index (χ2v) is 9.49. The van der Waals surface area contributed by atoms with Gasteiger partial charge in [0.05, 0.1) is 13.2 Å². The van der Waals surface area contributed by atoms with Crippen LogP contribution >= 0.6 is 23.2 Å². The van der Waals surface area contributed by atoms with Crippen LogP contribution in [0.5, 0.6) is 5.75 Å². The van der Waals surface area contributed by atoms with E-state index >= 15 is 0 Å². The Morgan fingerprint density at radius 2 is 1.63 bits per heavy atom. The first-order valence-corrected chi connectivity index (χ1v) is 13.0. The Kier molecular flexibility index (Phi) is 9.05. The third-order valence-electron chi connectivity index (χ3n) is 5.96. The van der Waals surface area contributed by atoms with Crippen molar-refractivity contribution >= 4 is 46.6 Å². The second kappa shape index (κ2) is 12.6. The Hall–Kier alpha value is -3.81. The van der Waals surface area contributed by atoms with Crippen molar-refractivity contribution in [3.8, 4) is 5.75 Å². The number of hydrogen-bond acceptors (Lipinski definition) is 5. The number of unbranched alkanes of at least 4 members (excludes halogenated alkanes) is 1. The molecular formula is C29H27Cl2N3O4. The SMILES string of the molecule is CCCCOc1ccc(NC(=O)c2ccc(CNC3=C(Cl)C(=O)N(Cc4ccccc4Cl)C3=O)cc2)cc1. The van der Waals surface area contributed by atoms with Crippen LogP contribution in [0.25, 0.3) is 0 Å². The normalized spacial score (nSPS) is 13.2. The molecule has 1 aliphatic heterocycles. The fraction of sp³-hybridized carbons (Fsp3) is 0.207. The minimum atomic E-state index is -0.577. The van der Waals surface area contributed by atoms with Crippen LogP contribution < -0.4 is 15.4 Å². The van der Waals surface area contributed by atoms with E-state index in [0.29, 0.717) is 28.4 Å². The largest absolute Gasteiger partial charge is 0.494 e. The monoisotopic (exact) mass is 551 g/mol. The molecule has 9 heteroatoms. The molecule has 7 nitrogen and oxygen atoms in total. The van der Waals surface area contributed by atoms with Gasteiger partial charge in [-0.25, -0.2) is 0 Å². The first kappa shape index (κ1) is 27.2. The van der Waals surface area contributed by atoms with E-state index in [-0.39, 0.29) is 29.7 Å². The van der Waals surface area contributed by atoms with E-state index in [1.54, 1.807) is 60.7 Å². The average molecular weight is 552 g/mol. The van der Waals surface area contributed by atoms with Crippen molar-refractivity contribution in [3.05, 3.63) is 105 Å². The van der Waals surface area contributed by atoms with Crippen LogP contribution in [-0.2, 0) is 22.7 Å². The number of nitrogens with zero attached hydrogens (tertiary/aromatic N) is 1.